The van der Waals surface area contributed by atoms with Crippen molar-refractivity contribution in [2.45, 2.75) is 43.5 Å². The fraction of sp³-hybridized carbons (Fsp3) is 0.310. The summed E-state index contributed by atoms with van der Waals surface area (Å²) in [7, 11) is -2.61. The summed E-state index contributed by atoms with van der Waals surface area (Å²) in [5.41, 5.74) is 4.10. The number of halogens is 3. The summed E-state index contributed by atoms with van der Waals surface area (Å²) in [4.78, 5) is 1.22. The standard InChI is InChI=1S/C29H30F2N2O3S.ClH/c1-19-16-23(36-37(34,35)29-26(30)10-7-11-27(29)31)17-24-25(22-12-14-32(3)15-13-22)18-33(28(19)24)20(2)21-8-5-4-6-9-21;/h4-11,16-18,20,22H,12-15H2,1-3H3;1H. The molecule has 0 bridgehead atoms. The van der Waals surface area contributed by atoms with Crippen LogP contribution in [-0.2, 0) is 10.1 Å². The van der Waals surface area contributed by atoms with E-state index in [9.17, 15) is 17.2 Å². The third-order valence-corrected chi connectivity index (χ3v) is 8.66. The Kier molecular flexibility index (Phi) is 8.16. The molecule has 4 aromatic rings. The second-order valence-electron chi connectivity index (χ2n) is 9.88. The zero-order valence-electron chi connectivity index (χ0n) is 21.5. The van der Waals surface area contributed by atoms with Crippen molar-refractivity contribution < 1.29 is 21.4 Å². The van der Waals surface area contributed by atoms with Crippen molar-refractivity contribution >= 4 is 33.4 Å². The maximum absolute atomic E-state index is 14.3. The fourth-order valence-electron chi connectivity index (χ4n) is 5.37. The van der Waals surface area contributed by atoms with Gasteiger partial charge in [-0.25, -0.2) is 8.78 Å². The van der Waals surface area contributed by atoms with Gasteiger partial charge in [-0.15, -0.1) is 12.4 Å². The van der Waals surface area contributed by atoms with E-state index >= 15 is 0 Å². The Morgan fingerprint density at radius 2 is 1.61 bits per heavy atom. The third kappa shape index (κ3) is 5.30. The lowest BCUT2D eigenvalue weighted by Gasteiger charge is -2.28. The molecule has 2 heterocycles. The maximum atomic E-state index is 14.3. The second kappa shape index (κ2) is 11.0. The van der Waals surface area contributed by atoms with E-state index < -0.39 is 26.6 Å². The van der Waals surface area contributed by atoms with Gasteiger partial charge in [0.25, 0.3) is 0 Å². The highest BCUT2D eigenvalue weighted by molar-refractivity contribution is 7.87. The minimum Gasteiger partial charge on any atom is -0.379 e. The predicted molar refractivity (Wildman–Crippen MR) is 148 cm³/mol. The molecule has 0 saturated carbocycles. The van der Waals surface area contributed by atoms with E-state index in [-0.39, 0.29) is 24.2 Å². The SMILES string of the molecule is Cc1cc(OS(=O)(=O)c2c(F)cccc2F)cc2c(C3CCN(C)CC3)cn(C(C)c3ccccc3)c12.Cl. The van der Waals surface area contributed by atoms with Crippen LogP contribution in [0, 0.1) is 18.6 Å². The van der Waals surface area contributed by atoms with Crippen LogP contribution in [0.3, 0.4) is 0 Å². The van der Waals surface area contributed by atoms with Crippen LogP contribution >= 0.6 is 12.4 Å². The van der Waals surface area contributed by atoms with Gasteiger partial charge in [0, 0.05) is 11.6 Å². The molecule has 1 fully saturated rings. The van der Waals surface area contributed by atoms with Crippen molar-refractivity contribution in [3.05, 3.63) is 95.2 Å². The minimum atomic E-state index is -4.72. The quantitative estimate of drug-likeness (QED) is 0.242. The van der Waals surface area contributed by atoms with Crippen LogP contribution in [-0.4, -0.2) is 38.0 Å². The van der Waals surface area contributed by atoms with E-state index in [2.05, 4.69) is 41.8 Å². The fourth-order valence-corrected chi connectivity index (χ4v) is 6.42. The van der Waals surface area contributed by atoms with E-state index in [1.165, 1.54) is 0 Å². The van der Waals surface area contributed by atoms with Gasteiger partial charge in [0.1, 0.15) is 17.4 Å². The summed E-state index contributed by atoms with van der Waals surface area (Å²) in [6.45, 7) is 5.99. The van der Waals surface area contributed by atoms with Crippen LogP contribution in [0.25, 0.3) is 10.9 Å². The first-order valence-corrected chi connectivity index (χ1v) is 13.8. The molecule has 1 aromatic heterocycles. The normalized spacial score (nSPS) is 15.8. The largest absolute Gasteiger partial charge is 0.379 e. The number of aryl methyl sites for hydroxylation is 1. The monoisotopic (exact) mass is 560 g/mol. The van der Waals surface area contributed by atoms with E-state index in [4.69, 9.17) is 4.18 Å². The molecule has 1 aliphatic heterocycles. The summed E-state index contributed by atoms with van der Waals surface area (Å²) in [6, 6.07) is 16.5. The average molecular weight is 561 g/mol. The molecule has 38 heavy (non-hydrogen) atoms. The lowest BCUT2D eigenvalue weighted by Crippen LogP contribution is -2.29. The number of nitrogens with zero attached hydrogens (tertiary/aromatic N) is 2. The number of hydrogen-bond acceptors (Lipinski definition) is 4. The smallest absolute Gasteiger partial charge is 0.345 e. The Morgan fingerprint density at radius 1 is 0.974 bits per heavy atom. The molecule has 0 amide bonds. The first-order valence-electron chi connectivity index (χ1n) is 12.4. The highest BCUT2D eigenvalue weighted by Gasteiger charge is 2.28. The number of rotatable bonds is 6. The molecule has 5 nitrogen and oxygen atoms in total. The molecule has 0 spiro atoms. The lowest BCUT2D eigenvalue weighted by atomic mass is 9.89. The predicted octanol–water partition coefficient (Wildman–Crippen LogP) is 6.84. The highest BCUT2D eigenvalue weighted by atomic mass is 35.5. The Labute approximate surface area is 228 Å². The van der Waals surface area contributed by atoms with E-state index in [0.717, 1.165) is 71.7 Å². The molecule has 9 heteroatoms. The second-order valence-corrected chi connectivity index (χ2v) is 11.4. The van der Waals surface area contributed by atoms with Gasteiger partial charge in [-0.05, 0) is 93.7 Å². The average Bonchev–Trinajstić information content (AvgIpc) is 3.24. The molecule has 0 N–H and O–H groups in total. The van der Waals surface area contributed by atoms with E-state index in [1.807, 2.05) is 25.1 Å². The van der Waals surface area contributed by atoms with Gasteiger partial charge >= 0.3 is 10.1 Å². The van der Waals surface area contributed by atoms with Crippen LogP contribution in [0.4, 0.5) is 8.78 Å². The Morgan fingerprint density at radius 3 is 2.24 bits per heavy atom. The summed E-state index contributed by atoms with van der Waals surface area (Å²) in [6.07, 6.45) is 4.15. The van der Waals surface area contributed by atoms with Gasteiger partial charge in [-0.3, -0.25) is 0 Å². The first-order chi connectivity index (χ1) is 17.7. The summed E-state index contributed by atoms with van der Waals surface area (Å²) < 4.78 is 61.9. The van der Waals surface area contributed by atoms with Gasteiger partial charge in [-0.1, -0.05) is 36.4 Å². The molecule has 1 atom stereocenters. The summed E-state index contributed by atoms with van der Waals surface area (Å²) in [5.74, 6) is -2.04. The van der Waals surface area contributed by atoms with Crippen LogP contribution in [0.2, 0.25) is 0 Å². The van der Waals surface area contributed by atoms with Crippen molar-refractivity contribution in [2.24, 2.45) is 0 Å². The zero-order valence-corrected chi connectivity index (χ0v) is 23.2. The number of aromatic nitrogens is 1. The Hall–Kier alpha value is -2.94. The van der Waals surface area contributed by atoms with Crippen LogP contribution < -0.4 is 4.18 Å². The Bertz CT molecular complexity index is 1530. The van der Waals surface area contributed by atoms with Crippen molar-refractivity contribution in [1.82, 2.24) is 9.47 Å². The molecule has 0 aliphatic carbocycles. The van der Waals surface area contributed by atoms with Crippen molar-refractivity contribution in [3.63, 3.8) is 0 Å². The molecule has 0 radical (unpaired) electrons. The molecular formula is C29H31ClF2N2O3S. The number of hydrogen-bond donors (Lipinski definition) is 0. The van der Waals surface area contributed by atoms with Gasteiger partial charge in [0.15, 0.2) is 4.90 Å². The topological polar surface area (TPSA) is 51.5 Å². The van der Waals surface area contributed by atoms with Crippen LogP contribution in [0.1, 0.15) is 48.4 Å². The number of benzene rings is 3. The third-order valence-electron chi connectivity index (χ3n) is 7.35. The van der Waals surface area contributed by atoms with Gasteiger partial charge in [0.2, 0.25) is 0 Å². The molecule has 202 valence electrons. The molecule has 1 unspecified atom stereocenters. The van der Waals surface area contributed by atoms with Crippen molar-refractivity contribution in [2.75, 3.05) is 20.1 Å². The zero-order chi connectivity index (χ0) is 26.3. The molecule has 1 saturated heterocycles. The first kappa shape index (κ1) is 28.1. The van der Waals surface area contributed by atoms with Crippen molar-refractivity contribution in [3.8, 4) is 5.75 Å². The summed E-state index contributed by atoms with van der Waals surface area (Å²) >= 11 is 0. The van der Waals surface area contributed by atoms with Crippen LogP contribution in [0.15, 0.2) is 71.8 Å². The number of likely N-dealkylation sites (tertiary alicyclic amines) is 1. The van der Waals surface area contributed by atoms with Crippen molar-refractivity contribution in [1.29, 1.82) is 0 Å². The molecule has 5 rings (SSSR count). The van der Waals surface area contributed by atoms with Gasteiger partial charge in [0.05, 0.1) is 11.6 Å². The molecule has 3 aromatic carbocycles. The molecular weight excluding hydrogens is 530 g/mol. The highest BCUT2D eigenvalue weighted by Crippen LogP contribution is 2.40. The Balaban J connectivity index is 0.00000336. The van der Waals surface area contributed by atoms with Gasteiger partial charge in [-0.2, -0.15) is 8.42 Å². The lowest BCUT2D eigenvalue weighted by molar-refractivity contribution is 0.256. The maximum Gasteiger partial charge on any atom is 0.345 e. The van der Waals surface area contributed by atoms with Gasteiger partial charge < -0.3 is 13.7 Å². The molecule has 1 aliphatic rings. The minimum absolute atomic E-state index is 0. The number of piperidine rings is 1. The van der Waals surface area contributed by atoms with E-state index in [1.54, 1.807) is 12.1 Å². The van der Waals surface area contributed by atoms with E-state index in [0.29, 0.717) is 5.92 Å². The van der Waals surface area contributed by atoms with Crippen LogP contribution in [0.5, 0.6) is 5.75 Å². The number of fused-ring (bicyclic) bond motifs is 1. The summed E-state index contributed by atoms with van der Waals surface area (Å²) in [5, 5.41) is 0.900.